The van der Waals surface area contributed by atoms with Crippen molar-refractivity contribution >= 4 is 5.95 Å². The molecule has 2 aromatic heterocycles. The van der Waals surface area contributed by atoms with Crippen molar-refractivity contribution in [3.8, 4) is 0 Å². The molecule has 1 unspecified atom stereocenters. The van der Waals surface area contributed by atoms with E-state index in [4.69, 9.17) is 14.6 Å². The molecule has 4 rings (SSSR count). The lowest BCUT2D eigenvalue weighted by Crippen LogP contribution is -2.40. The molecule has 7 heteroatoms. The minimum atomic E-state index is 0.100. The molecule has 0 aromatic carbocycles. The van der Waals surface area contributed by atoms with E-state index in [9.17, 15) is 0 Å². The van der Waals surface area contributed by atoms with Crippen LogP contribution in [0.25, 0.3) is 0 Å². The Morgan fingerprint density at radius 3 is 2.81 bits per heavy atom. The molecule has 0 saturated carbocycles. The van der Waals surface area contributed by atoms with Crippen LogP contribution in [0.5, 0.6) is 0 Å². The van der Waals surface area contributed by atoms with Crippen molar-refractivity contribution < 1.29 is 9.47 Å². The quantitative estimate of drug-likeness (QED) is 0.790. The lowest BCUT2D eigenvalue weighted by Gasteiger charge is -2.36. The Balaban J connectivity index is 1.62. The molecule has 1 fully saturated rings. The number of ether oxygens (including phenoxy) is 2. The standard InChI is InChI=1S/C19H27N5O2/c1-2-25-14-17-18-16(4-9-23(17)19-20-7-3-8-21-19)12-22-24(18)13-15-5-10-26-11-6-15/h3,7-8,12,15,17H,2,4-6,9-11,13-14H2,1H3. The van der Waals surface area contributed by atoms with E-state index < -0.39 is 0 Å². The lowest BCUT2D eigenvalue weighted by atomic mass is 9.98. The molecule has 0 amide bonds. The molecule has 0 bridgehead atoms. The van der Waals surface area contributed by atoms with Gasteiger partial charge in [0.1, 0.15) is 0 Å². The summed E-state index contributed by atoms with van der Waals surface area (Å²) in [6.07, 6.45) is 8.82. The highest BCUT2D eigenvalue weighted by atomic mass is 16.5. The highest BCUT2D eigenvalue weighted by molar-refractivity contribution is 5.40. The highest BCUT2D eigenvalue weighted by Gasteiger charge is 2.33. The van der Waals surface area contributed by atoms with Crippen LogP contribution in [0.4, 0.5) is 5.95 Å². The van der Waals surface area contributed by atoms with Crippen molar-refractivity contribution in [2.45, 2.75) is 38.8 Å². The largest absolute Gasteiger partial charge is 0.381 e. The smallest absolute Gasteiger partial charge is 0.225 e. The van der Waals surface area contributed by atoms with Crippen LogP contribution in [-0.4, -0.2) is 52.7 Å². The van der Waals surface area contributed by atoms with E-state index in [2.05, 4.69) is 19.5 Å². The molecular weight excluding hydrogens is 330 g/mol. The van der Waals surface area contributed by atoms with Crippen molar-refractivity contribution in [1.29, 1.82) is 0 Å². The summed E-state index contributed by atoms with van der Waals surface area (Å²) in [6.45, 7) is 6.92. The Labute approximate surface area is 154 Å². The summed E-state index contributed by atoms with van der Waals surface area (Å²) in [5.41, 5.74) is 2.59. The minimum Gasteiger partial charge on any atom is -0.381 e. The summed E-state index contributed by atoms with van der Waals surface area (Å²) in [5.74, 6) is 1.39. The van der Waals surface area contributed by atoms with E-state index in [1.54, 1.807) is 12.4 Å². The van der Waals surface area contributed by atoms with E-state index in [-0.39, 0.29) is 6.04 Å². The number of rotatable bonds is 6. The topological polar surface area (TPSA) is 65.3 Å². The van der Waals surface area contributed by atoms with Crippen LogP contribution >= 0.6 is 0 Å². The maximum absolute atomic E-state index is 5.84. The van der Waals surface area contributed by atoms with Crippen molar-refractivity contribution in [3.05, 3.63) is 35.9 Å². The maximum atomic E-state index is 5.84. The lowest BCUT2D eigenvalue weighted by molar-refractivity contribution is 0.0592. The van der Waals surface area contributed by atoms with E-state index in [0.29, 0.717) is 19.1 Å². The molecular formula is C19H27N5O2. The number of hydrogen-bond acceptors (Lipinski definition) is 6. The van der Waals surface area contributed by atoms with Gasteiger partial charge in [-0.1, -0.05) is 0 Å². The van der Waals surface area contributed by atoms with Crippen LogP contribution in [0.2, 0.25) is 0 Å². The first-order valence-electron chi connectivity index (χ1n) is 9.60. The molecule has 0 N–H and O–H groups in total. The predicted molar refractivity (Wildman–Crippen MR) is 98.1 cm³/mol. The average Bonchev–Trinajstić information content (AvgIpc) is 3.10. The third kappa shape index (κ3) is 3.59. The molecule has 0 aliphatic carbocycles. The number of anilines is 1. The van der Waals surface area contributed by atoms with Gasteiger partial charge in [0.15, 0.2) is 0 Å². The third-order valence-corrected chi connectivity index (χ3v) is 5.33. The minimum absolute atomic E-state index is 0.100. The van der Waals surface area contributed by atoms with E-state index in [1.807, 2.05) is 19.2 Å². The molecule has 0 spiro atoms. The zero-order chi connectivity index (χ0) is 17.8. The first-order chi connectivity index (χ1) is 12.9. The van der Waals surface area contributed by atoms with E-state index >= 15 is 0 Å². The van der Waals surface area contributed by atoms with Crippen LogP contribution in [0.3, 0.4) is 0 Å². The van der Waals surface area contributed by atoms with Gasteiger partial charge in [0.25, 0.3) is 0 Å². The van der Waals surface area contributed by atoms with Gasteiger partial charge in [-0.25, -0.2) is 9.97 Å². The Kier molecular flexibility index (Phi) is 5.45. The summed E-state index contributed by atoms with van der Waals surface area (Å²) in [7, 11) is 0. The van der Waals surface area contributed by atoms with Crippen molar-refractivity contribution in [3.63, 3.8) is 0 Å². The van der Waals surface area contributed by atoms with Gasteiger partial charge >= 0.3 is 0 Å². The zero-order valence-corrected chi connectivity index (χ0v) is 15.4. The first-order valence-corrected chi connectivity index (χ1v) is 9.60. The van der Waals surface area contributed by atoms with Gasteiger partial charge in [-0.2, -0.15) is 5.10 Å². The van der Waals surface area contributed by atoms with Crippen molar-refractivity contribution in [1.82, 2.24) is 19.7 Å². The van der Waals surface area contributed by atoms with Gasteiger partial charge in [0, 0.05) is 45.3 Å². The second kappa shape index (κ2) is 8.14. The molecule has 2 aliphatic heterocycles. The molecule has 0 radical (unpaired) electrons. The number of aromatic nitrogens is 4. The van der Waals surface area contributed by atoms with Gasteiger partial charge in [-0.15, -0.1) is 0 Å². The fourth-order valence-corrected chi connectivity index (χ4v) is 3.95. The Hall–Kier alpha value is -1.99. The van der Waals surface area contributed by atoms with Gasteiger partial charge < -0.3 is 14.4 Å². The molecule has 1 atom stereocenters. The van der Waals surface area contributed by atoms with Crippen LogP contribution in [0, 0.1) is 5.92 Å². The summed E-state index contributed by atoms with van der Waals surface area (Å²) < 4.78 is 13.5. The Bertz CT molecular complexity index is 699. The Morgan fingerprint density at radius 2 is 2.04 bits per heavy atom. The molecule has 140 valence electrons. The van der Waals surface area contributed by atoms with E-state index in [1.165, 1.54) is 11.3 Å². The third-order valence-electron chi connectivity index (χ3n) is 5.33. The number of fused-ring (bicyclic) bond motifs is 1. The van der Waals surface area contributed by atoms with Gasteiger partial charge in [-0.3, -0.25) is 4.68 Å². The van der Waals surface area contributed by atoms with Gasteiger partial charge in [0.2, 0.25) is 5.95 Å². The van der Waals surface area contributed by atoms with Crippen LogP contribution in [0.1, 0.15) is 37.1 Å². The molecule has 4 heterocycles. The predicted octanol–water partition coefficient (Wildman–Crippen LogP) is 2.24. The van der Waals surface area contributed by atoms with Crippen molar-refractivity contribution in [2.75, 3.05) is 37.9 Å². The molecule has 2 aromatic rings. The SMILES string of the molecule is CCOCC1c2c(cnn2CC2CCOCC2)CCN1c1ncccn1. The average molecular weight is 357 g/mol. The Morgan fingerprint density at radius 1 is 1.23 bits per heavy atom. The van der Waals surface area contributed by atoms with Gasteiger partial charge in [0.05, 0.1) is 24.5 Å². The monoisotopic (exact) mass is 357 g/mol. The van der Waals surface area contributed by atoms with Crippen LogP contribution in [0.15, 0.2) is 24.7 Å². The van der Waals surface area contributed by atoms with Gasteiger partial charge in [-0.05, 0) is 43.7 Å². The number of hydrogen-bond donors (Lipinski definition) is 0. The number of nitrogens with zero attached hydrogens (tertiary/aromatic N) is 5. The molecule has 1 saturated heterocycles. The second-order valence-corrected chi connectivity index (χ2v) is 6.96. The molecule has 7 nitrogen and oxygen atoms in total. The highest BCUT2D eigenvalue weighted by Crippen LogP contribution is 2.33. The summed E-state index contributed by atoms with van der Waals surface area (Å²) in [4.78, 5) is 11.2. The zero-order valence-electron chi connectivity index (χ0n) is 15.4. The normalized spacial score (nSPS) is 21.0. The molecule has 2 aliphatic rings. The van der Waals surface area contributed by atoms with Crippen LogP contribution < -0.4 is 4.90 Å². The molecule has 26 heavy (non-hydrogen) atoms. The second-order valence-electron chi connectivity index (χ2n) is 6.96. The summed E-state index contributed by atoms with van der Waals surface area (Å²) in [5, 5.41) is 4.73. The maximum Gasteiger partial charge on any atom is 0.225 e. The van der Waals surface area contributed by atoms with Crippen LogP contribution in [-0.2, 0) is 22.4 Å². The summed E-state index contributed by atoms with van der Waals surface area (Å²) in [6, 6.07) is 1.95. The van der Waals surface area contributed by atoms with E-state index in [0.717, 1.165) is 51.5 Å². The summed E-state index contributed by atoms with van der Waals surface area (Å²) >= 11 is 0. The first kappa shape index (κ1) is 17.4. The van der Waals surface area contributed by atoms with Crippen molar-refractivity contribution in [2.24, 2.45) is 5.92 Å². The fourth-order valence-electron chi connectivity index (χ4n) is 3.95. The fraction of sp³-hybridized carbons (Fsp3) is 0.632.